The molecule has 11 heavy (non-hydrogen) atoms. The highest BCUT2D eigenvalue weighted by atomic mass is 35.7. The number of rotatable bonds is 1. The molecule has 5 heteroatoms. The third-order valence-electron chi connectivity index (χ3n) is 1.05. The van der Waals surface area contributed by atoms with Crippen LogP contribution >= 0.6 is 18.4 Å². The fourth-order valence-corrected chi connectivity index (χ4v) is 1.38. The molecular weight excluding hydrogens is 192 g/mol. The van der Waals surface area contributed by atoms with Crippen molar-refractivity contribution < 1.29 is 13.3 Å². The van der Waals surface area contributed by atoms with E-state index in [1.165, 1.54) is 0 Å². The maximum atomic E-state index is 12.4. The first kappa shape index (κ1) is 8.57. The van der Waals surface area contributed by atoms with E-state index in [1.807, 2.05) is 0 Å². The van der Waals surface area contributed by atoms with Gasteiger partial charge in [-0.05, 0) is 4.57 Å². The zero-order valence-corrected chi connectivity index (χ0v) is 6.87. The summed E-state index contributed by atoms with van der Waals surface area (Å²) < 4.78 is 35.3. The van der Waals surface area contributed by atoms with Gasteiger partial charge in [0.1, 0.15) is 11.6 Å². The summed E-state index contributed by atoms with van der Waals surface area (Å²) in [4.78, 5) is 0. The van der Waals surface area contributed by atoms with Crippen LogP contribution in [0.15, 0.2) is 18.2 Å². The molecule has 0 saturated heterocycles. The van der Waals surface area contributed by atoms with E-state index in [1.54, 1.807) is 0 Å². The van der Waals surface area contributed by atoms with Gasteiger partial charge in [-0.2, -0.15) is 0 Å². The predicted octanol–water partition coefficient (Wildman–Crippen LogP) is 2.57. The Hall–Kier alpha value is -0.530. The molecule has 0 amide bonds. The molecule has 0 aliphatic carbocycles. The SMILES string of the molecule is O=[P+](Cl)c1cc(F)cc(F)c1. The predicted molar refractivity (Wildman–Crippen MR) is 39.5 cm³/mol. The lowest BCUT2D eigenvalue weighted by atomic mass is 10.3. The van der Waals surface area contributed by atoms with Crippen LogP contribution in [0.25, 0.3) is 0 Å². The van der Waals surface area contributed by atoms with Gasteiger partial charge in [0.2, 0.25) is 16.5 Å². The third kappa shape index (κ3) is 2.21. The largest absolute Gasteiger partial charge is 0.494 e. The van der Waals surface area contributed by atoms with E-state index in [0.29, 0.717) is 6.07 Å². The van der Waals surface area contributed by atoms with Crippen LogP contribution < -0.4 is 5.30 Å². The van der Waals surface area contributed by atoms with Crippen molar-refractivity contribution in [2.45, 2.75) is 0 Å². The van der Waals surface area contributed by atoms with E-state index in [9.17, 15) is 13.3 Å². The Bertz CT molecular complexity index is 282. The summed E-state index contributed by atoms with van der Waals surface area (Å²) >= 11 is 5.12. The van der Waals surface area contributed by atoms with Gasteiger partial charge in [0.05, 0.1) is 0 Å². The molecule has 0 fully saturated rings. The van der Waals surface area contributed by atoms with Crippen molar-refractivity contribution >= 4 is 23.7 Å². The first-order valence-electron chi connectivity index (χ1n) is 2.69. The molecule has 0 N–H and O–H groups in total. The maximum absolute atomic E-state index is 12.4. The van der Waals surface area contributed by atoms with Crippen molar-refractivity contribution in [1.29, 1.82) is 0 Å². The Balaban J connectivity index is 3.19. The molecule has 0 aliphatic heterocycles. The Labute approximate surface area is 67.6 Å². The van der Waals surface area contributed by atoms with Gasteiger partial charge in [0, 0.05) is 18.2 Å². The van der Waals surface area contributed by atoms with Gasteiger partial charge in [-0.1, -0.05) is 0 Å². The second-order valence-corrected chi connectivity index (χ2v) is 3.80. The van der Waals surface area contributed by atoms with Gasteiger partial charge in [-0.15, -0.1) is 0 Å². The molecule has 0 heterocycles. The van der Waals surface area contributed by atoms with E-state index in [-0.39, 0.29) is 5.30 Å². The first-order valence-corrected chi connectivity index (χ1v) is 4.85. The molecule has 0 aromatic heterocycles. The monoisotopic (exact) mass is 195 g/mol. The zero-order valence-electron chi connectivity index (χ0n) is 5.22. The smallest absolute Gasteiger partial charge is 0.207 e. The molecule has 1 nitrogen and oxygen atoms in total. The highest BCUT2D eigenvalue weighted by Gasteiger charge is 2.18. The van der Waals surface area contributed by atoms with Gasteiger partial charge < -0.3 is 0 Å². The lowest BCUT2D eigenvalue weighted by molar-refractivity contribution is 0.582. The molecule has 0 saturated carbocycles. The molecular formula is C6H3ClF2OP+. The molecule has 0 spiro atoms. The zero-order chi connectivity index (χ0) is 8.43. The van der Waals surface area contributed by atoms with Gasteiger partial charge >= 0.3 is 7.15 Å². The second kappa shape index (κ2) is 3.24. The summed E-state index contributed by atoms with van der Waals surface area (Å²) in [6.07, 6.45) is 0. The number of benzene rings is 1. The molecule has 58 valence electrons. The van der Waals surface area contributed by atoms with Crippen LogP contribution in [-0.2, 0) is 4.57 Å². The fraction of sp³-hybridized carbons (Fsp3) is 0. The third-order valence-corrected chi connectivity index (χ3v) is 2.30. The molecule has 1 aromatic carbocycles. The average Bonchev–Trinajstić information content (AvgIpc) is 1.85. The second-order valence-electron chi connectivity index (χ2n) is 1.87. The molecule has 1 atom stereocenters. The average molecular weight is 196 g/mol. The summed E-state index contributed by atoms with van der Waals surface area (Å²) in [6.45, 7) is 0. The lowest BCUT2D eigenvalue weighted by Gasteiger charge is -1.86. The molecule has 0 aliphatic rings. The minimum absolute atomic E-state index is 0.0285. The van der Waals surface area contributed by atoms with Crippen molar-refractivity contribution in [1.82, 2.24) is 0 Å². The fourth-order valence-electron chi connectivity index (χ4n) is 0.641. The lowest BCUT2D eigenvalue weighted by Crippen LogP contribution is -1.96. The summed E-state index contributed by atoms with van der Waals surface area (Å²) in [5, 5.41) is -0.0285. The van der Waals surface area contributed by atoms with Crippen LogP contribution in [0.5, 0.6) is 0 Å². The quantitative estimate of drug-likeness (QED) is 0.630. The molecule has 1 rings (SSSR count). The molecule has 1 unspecified atom stereocenters. The number of hydrogen-bond acceptors (Lipinski definition) is 1. The molecule has 1 aromatic rings. The highest BCUT2D eigenvalue weighted by molar-refractivity contribution is 7.80. The minimum Gasteiger partial charge on any atom is -0.207 e. The van der Waals surface area contributed by atoms with E-state index in [0.717, 1.165) is 12.1 Å². The molecule has 0 bridgehead atoms. The van der Waals surface area contributed by atoms with Crippen LogP contribution in [0.3, 0.4) is 0 Å². The van der Waals surface area contributed by atoms with Gasteiger partial charge in [0.15, 0.2) is 0 Å². The van der Waals surface area contributed by atoms with Crippen molar-refractivity contribution in [3.63, 3.8) is 0 Å². The van der Waals surface area contributed by atoms with E-state index >= 15 is 0 Å². The van der Waals surface area contributed by atoms with Crippen molar-refractivity contribution in [3.05, 3.63) is 29.8 Å². The van der Waals surface area contributed by atoms with Crippen LogP contribution in [0.2, 0.25) is 0 Å². The normalized spacial score (nSPS) is 11.4. The summed E-state index contributed by atoms with van der Waals surface area (Å²) in [5.74, 6) is -1.55. The molecule has 0 radical (unpaired) electrons. The Morgan fingerprint density at radius 3 is 2.00 bits per heavy atom. The van der Waals surface area contributed by atoms with E-state index in [2.05, 4.69) is 0 Å². The van der Waals surface area contributed by atoms with E-state index < -0.39 is 18.8 Å². The highest BCUT2D eigenvalue weighted by Crippen LogP contribution is 2.25. The van der Waals surface area contributed by atoms with Gasteiger partial charge in [-0.3, -0.25) is 0 Å². The number of halogens is 3. The van der Waals surface area contributed by atoms with Crippen LogP contribution in [0.1, 0.15) is 0 Å². The van der Waals surface area contributed by atoms with E-state index in [4.69, 9.17) is 11.2 Å². The van der Waals surface area contributed by atoms with Gasteiger partial charge in [-0.25, -0.2) is 8.78 Å². The van der Waals surface area contributed by atoms with Crippen LogP contribution in [0, 0.1) is 11.6 Å². The van der Waals surface area contributed by atoms with Crippen LogP contribution in [0.4, 0.5) is 8.78 Å². The first-order chi connectivity index (χ1) is 5.09. The van der Waals surface area contributed by atoms with Crippen LogP contribution in [-0.4, -0.2) is 0 Å². The Morgan fingerprint density at radius 1 is 1.18 bits per heavy atom. The Kier molecular flexibility index (Phi) is 2.53. The van der Waals surface area contributed by atoms with Crippen molar-refractivity contribution in [2.24, 2.45) is 0 Å². The van der Waals surface area contributed by atoms with Crippen molar-refractivity contribution in [2.75, 3.05) is 0 Å². The number of hydrogen-bond donors (Lipinski definition) is 0. The maximum Gasteiger partial charge on any atom is 0.494 e. The Morgan fingerprint density at radius 2 is 1.64 bits per heavy atom. The summed E-state index contributed by atoms with van der Waals surface area (Å²) in [6, 6.07) is 2.57. The standard InChI is InChI=1S/C6H3ClF2OP/c7-11(10)6-2-4(8)1-5(9)3-6/h1-3H/q+1. The summed E-state index contributed by atoms with van der Waals surface area (Å²) in [7, 11) is -2.19. The minimum atomic E-state index is -2.19. The van der Waals surface area contributed by atoms with Gasteiger partial charge in [0.25, 0.3) is 0 Å². The van der Waals surface area contributed by atoms with Crippen molar-refractivity contribution in [3.8, 4) is 0 Å². The summed E-state index contributed by atoms with van der Waals surface area (Å²) in [5.41, 5.74) is 0. The topological polar surface area (TPSA) is 17.1 Å².